The predicted molar refractivity (Wildman–Crippen MR) is 59.5 cm³/mol. The van der Waals surface area contributed by atoms with Crippen LogP contribution in [0, 0.1) is 0 Å². The highest BCUT2D eigenvalue weighted by atomic mass is 16.5. The molecule has 3 atom stereocenters. The number of nitrogens with one attached hydrogen (secondary N) is 1. The van der Waals surface area contributed by atoms with Crippen molar-refractivity contribution < 1.29 is 9.53 Å². The summed E-state index contributed by atoms with van der Waals surface area (Å²) in [6.45, 7) is 9.39. The van der Waals surface area contributed by atoms with Crippen LogP contribution in [0.4, 0.5) is 0 Å². The zero-order valence-electron chi connectivity index (χ0n) is 10.1. The number of carbonyl (C=O) groups excluding carboxylic acids is 1. The van der Waals surface area contributed by atoms with E-state index in [1.165, 1.54) is 0 Å². The van der Waals surface area contributed by atoms with E-state index in [0.29, 0.717) is 13.2 Å². The first-order valence-electron chi connectivity index (χ1n) is 5.78. The summed E-state index contributed by atoms with van der Waals surface area (Å²) in [5.74, 6) is 0.205. The van der Waals surface area contributed by atoms with Crippen molar-refractivity contribution in [2.75, 3.05) is 13.2 Å². The molecule has 1 fully saturated rings. The Bertz CT molecular complexity index is 221. The highest BCUT2D eigenvalue weighted by molar-refractivity contribution is 5.84. The summed E-state index contributed by atoms with van der Waals surface area (Å²) in [6, 6.07) is -0.00572. The molecule has 1 aliphatic rings. The maximum atomic E-state index is 11.9. The normalized spacial score (nSPS) is 28.5. The van der Waals surface area contributed by atoms with Gasteiger partial charge >= 0.3 is 0 Å². The molecule has 4 heteroatoms. The summed E-state index contributed by atoms with van der Waals surface area (Å²) >= 11 is 0. The number of ether oxygens (including phenoxy) is 1. The molecule has 1 saturated heterocycles. The number of rotatable bonds is 5. The SMILES string of the molecule is CCOC(C)CN1C(=O)C(CC)NC1C. The van der Waals surface area contributed by atoms with E-state index in [4.69, 9.17) is 4.74 Å². The van der Waals surface area contributed by atoms with Crippen LogP contribution in [0.1, 0.15) is 34.1 Å². The number of hydrogen-bond donors (Lipinski definition) is 1. The minimum atomic E-state index is -0.00572. The van der Waals surface area contributed by atoms with Gasteiger partial charge in [0, 0.05) is 13.2 Å². The third kappa shape index (κ3) is 2.92. The number of carbonyl (C=O) groups is 1. The molecule has 0 spiro atoms. The van der Waals surface area contributed by atoms with E-state index < -0.39 is 0 Å². The summed E-state index contributed by atoms with van der Waals surface area (Å²) in [5, 5.41) is 3.27. The second kappa shape index (κ2) is 5.47. The van der Waals surface area contributed by atoms with Gasteiger partial charge in [0.15, 0.2) is 0 Å². The average molecular weight is 214 g/mol. The fraction of sp³-hybridized carbons (Fsp3) is 0.909. The largest absolute Gasteiger partial charge is 0.377 e. The summed E-state index contributed by atoms with van der Waals surface area (Å²) in [6.07, 6.45) is 1.09. The molecule has 0 aromatic carbocycles. The second-order valence-corrected chi connectivity index (χ2v) is 4.06. The van der Waals surface area contributed by atoms with Gasteiger partial charge in [0.25, 0.3) is 0 Å². The Morgan fingerprint density at radius 2 is 2.20 bits per heavy atom. The van der Waals surface area contributed by atoms with Crippen molar-refractivity contribution in [3.8, 4) is 0 Å². The third-order valence-electron chi connectivity index (χ3n) is 2.80. The molecule has 0 bridgehead atoms. The van der Waals surface area contributed by atoms with Gasteiger partial charge in [-0.3, -0.25) is 10.1 Å². The topological polar surface area (TPSA) is 41.6 Å². The zero-order valence-corrected chi connectivity index (χ0v) is 10.1. The number of hydrogen-bond acceptors (Lipinski definition) is 3. The molecule has 1 N–H and O–H groups in total. The van der Waals surface area contributed by atoms with Crippen molar-refractivity contribution in [1.82, 2.24) is 10.2 Å². The van der Waals surface area contributed by atoms with Gasteiger partial charge in [-0.1, -0.05) is 6.92 Å². The van der Waals surface area contributed by atoms with E-state index in [9.17, 15) is 4.79 Å². The monoisotopic (exact) mass is 214 g/mol. The van der Waals surface area contributed by atoms with Gasteiger partial charge in [-0.25, -0.2) is 0 Å². The molecule has 0 aromatic heterocycles. The maximum absolute atomic E-state index is 11.9. The third-order valence-corrected chi connectivity index (χ3v) is 2.80. The fourth-order valence-electron chi connectivity index (χ4n) is 2.00. The Kier molecular flexibility index (Phi) is 4.54. The minimum absolute atomic E-state index is 0.00572. The van der Waals surface area contributed by atoms with Crippen molar-refractivity contribution in [1.29, 1.82) is 0 Å². The summed E-state index contributed by atoms with van der Waals surface area (Å²) < 4.78 is 5.45. The number of nitrogens with zero attached hydrogens (tertiary/aromatic N) is 1. The lowest BCUT2D eigenvalue weighted by atomic mass is 10.2. The van der Waals surface area contributed by atoms with E-state index in [1.807, 2.05) is 32.6 Å². The van der Waals surface area contributed by atoms with E-state index >= 15 is 0 Å². The highest BCUT2D eigenvalue weighted by Gasteiger charge is 2.35. The van der Waals surface area contributed by atoms with E-state index in [-0.39, 0.29) is 24.2 Å². The molecule has 1 heterocycles. The molecule has 1 rings (SSSR count). The zero-order chi connectivity index (χ0) is 11.4. The number of amides is 1. The first-order valence-corrected chi connectivity index (χ1v) is 5.78. The molecule has 0 saturated carbocycles. The Balaban J connectivity index is 2.50. The van der Waals surface area contributed by atoms with Crippen LogP contribution >= 0.6 is 0 Å². The molecule has 1 aliphatic heterocycles. The molecule has 88 valence electrons. The molecule has 15 heavy (non-hydrogen) atoms. The lowest BCUT2D eigenvalue weighted by molar-refractivity contribution is -0.131. The van der Waals surface area contributed by atoms with Crippen LogP contribution in [0.5, 0.6) is 0 Å². The van der Waals surface area contributed by atoms with Gasteiger partial charge in [-0.15, -0.1) is 0 Å². The quantitative estimate of drug-likeness (QED) is 0.741. The summed E-state index contributed by atoms with van der Waals surface area (Å²) in [4.78, 5) is 13.8. The Hall–Kier alpha value is -0.610. The summed E-state index contributed by atoms with van der Waals surface area (Å²) in [5.41, 5.74) is 0. The van der Waals surface area contributed by atoms with Crippen molar-refractivity contribution in [2.45, 2.75) is 52.4 Å². The molecular formula is C11H22N2O2. The lowest BCUT2D eigenvalue weighted by Crippen LogP contribution is -2.40. The van der Waals surface area contributed by atoms with E-state index in [0.717, 1.165) is 6.42 Å². The van der Waals surface area contributed by atoms with Crippen molar-refractivity contribution in [3.05, 3.63) is 0 Å². The van der Waals surface area contributed by atoms with Crippen molar-refractivity contribution in [3.63, 3.8) is 0 Å². The Morgan fingerprint density at radius 1 is 1.53 bits per heavy atom. The van der Waals surface area contributed by atoms with Crippen LogP contribution in [0.3, 0.4) is 0 Å². The van der Waals surface area contributed by atoms with Crippen LogP contribution in [0.2, 0.25) is 0 Å². The van der Waals surface area contributed by atoms with Crippen molar-refractivity contribution >= 4 is 5.91 Å². The highest BCUT2D eigenvalue weighted by Crippen LogP contribution is 2.13. The van der Waals surface area contributed by atoms with Gasteiger partial charge in [0.05, 0.1) is 18.3 Å². The molecule has 0 radical (unpaired) electrons. The van der Waals surface area contributed by atoms with Crippen LogP contribution in [-0.4, -0.2) is 42.3 Å². The van der Waals surface area contributed by atoms with Gasteiger partial charge in [-0.05, 0) is 27.2 Å². The first-order chi connectivity index (χ1) is 7.10. The molecule has 4 nitrogen and oxygen atoms in total. The molecule has 0 aromatic rings. The lowest BCUT2D eigenvalue weighted by Gasteiger charge is -2.24. The Labute approximate surface area is 92.0 Å². The molecule has 0 aliphatic carbocycles. The van der Waals surface area contributed by atoms with Crippen LogP contribution in [0.15, 0.2) is 0 Å². The van der Waals surface area contributed by atoms with Crippen molar-refractivity contribution in [2.24, 2.45) is 0 Å². The van der Waals surface area contributed by atoms with Gasteiger partial charge < -0.3 is 9.64 Å². The molecule has 3 unspecified atom stereocenters. The second-order valence-electron chi connectivity index (χ2n) is 4.06. The van der Waals surface area contributed by atoms with Gasteiger partial charge in [-0.2, -0.15) is 0 Å². The first kappa shape index (κ1) is 12.5. The average Bonchev–Trinajstić information content (AvgIpc) is 2.45. The molecular weight excluding hydrogens is 192 g/mol. The van der Waals surface area contributed by atoms with E-state index in [1.54, 1.807) is 0 Å². The predicted octanol–water partition coefficient (Wildman–Crippen LogP) is 0.968. The smallest absolute Gasteiger partial charge is 0.241 e. The van der Waals surface area contributed by atoms with Gasteiger partial charge in [0.2, 0.25) is 5.91 Å². The standard InChI is InChI=1S/C11H22N2O2/c1-5-10-11(14)13(9(4)12-10)7-8(3)15-6-2/h8-10,12H,5-7H2,1-4H3. The Morgan fingerprint density at radius 3 is 2.67 bits per heavy atom. The van der Waals surface area contributed by atoms with Gasteiger partial charge in [0.1, 0.15) is 0 Å². The van der Waals surface area contributed by atoms with Crippen LogP contribution in [-0.2, 0) is 9.53 Å². The fourth-order valence-corrected chi connectivity index (χ4v) is 2.00. The minimum Gasteiger partial charge on any atom is -0.377 e. The maximum Gasteiger partial charge on any atom is 0.241 e. The molecule has 1 amide bonds. The summed E-state index contributed by atoms with van der Waals surface area (Å²) in [7, 11) is 0. The van der Waals surface area contributed by atoms with E-state index in [2.05, 4.69) is 5.32 Å². The van der Waals surface area contributed by atoms with Crippen LogP contribution in [0.25, 0.3) is 0 Å². The van der Waals surface area contributed by atoms with Crippen LogP contribution < -0.4 is 5.32 Å².